The Bertz CT molecular complexity index is 1640. The zero-order chi connectivity index (χ0) is 23.2. The van der Waals surface area contributed by atoms with E-state index < -0.39 is 0 Å². The van der Waals surface area contributed by atoms with E-state index in [1.165, 1.54) is 12.0 Å². The molecule has 0 saturated carbocycles. The molecule has 6 nitrogen and oxygen atoms in total. The summed E-state index contributed by atoms with van der Waals surface area (Å²) in [4.78, 5) is 23.2. The number of aryl methyl sites for hydroxylation is 1. The van der Waals surface area contributed by atoms with Crippen molar-refractivity contribution in [1.29, 1.82) is 0 Å². The molecule has 5 aromatic rings. The maximum absolute atomic E-state index is 13.8. The van der Waals surface area contributed by atoms with Gasteiger partial charge in [-0.1, -0.05) is 18.2 Å². The lowest BCUT2D eigenvalue weighted by Gasteiger charge is -2.14. The van der Waals surface area contributed by atoms with Crippen molar-refractivity contribution in [2.24, 2.45) is 0 Å². The molecule has 0 fully saturated rings. The summed E-state index contributed by atoms with van der Waals surface area (Å²) in [6.45, 7) is 1.90. The fourth-order valence-electron chi connectivity index (χ4n) is 4.95. The van der Waals surface area contributed by atoms with Crippen LogP contribution in [-0.2, 0) is 0 Å². The fraction of sp³-hybridized carbons (Fsp3) is 0.179. The minimum absolute atomic E-state index is 0.131. The normalized spacial score (nSPS) is 14.0. The number of aromatic nitrogens is 4. The Hall–Kier alpha value is -4.19. The third-order valence-electron chi connectivity index (χ3n) is 6.62. The number of aromatic amines is 1. The minimum atomic E-state index is -0.131. The van der Waals surface area contributed by atoms with Crippen LogP contribution in [0.3, 0.4) is 0 Å². The van der Waals surface area contributed by atoms with Crippen LogP contribution < -0.4 is 5.56 Å². The number of hydrogen-bond donors (Lipinski definition) is 2. The Morgan fingerprint density at radius 3 is 2.62 bits per heavy atom. The molecule has 0 radical (unpaired) electrons. The van der Waals surface area contributed by atoms with Gasteiger partial charge in [0.15, 0.2) is 5.65 Å². The van der Waals surface area contributed by atoms with E-state index in [4.69, 9.17) is 4.98 Å². The number of benzene rings is 2. The first-order chi connectivity index (χ1) is 16.6. The van der Waals surface area contributed by atoms with E-state index in [-0.39, 0.29) is 11.3 Å². The number of nitrogens with zero attached hydrogens (tertiary/aromatic N) is 3. The summed E-state index contributed by atoms with van der Waals surface area (Å²) >= 11 is 0. The number of nitrogens with one attached hydrogen (secondary N) is 1. The molecule has 0 unspecified atom stereocenters. The van der Waals surface area contributed by atoms with Gasteiger partial charge in [0.2, 0.25) is 0 Å². The number of phenolic OH excluding ortho intramolecular Hbond substituents is 1. The first-order valence-corrected chi connectivity index (χ1v) is 11.6. The van der Waals surface area contributed by atoms with Crippen molar-refractivity contribution in [1.82, 2.24) is 19.6 Å². The van der Waals surface area contributed by atoms with Crippen LogP contribution in [0, 0.1) is 6.92 Å². The standard InChI is InChI=1S/C28H24N4O2/c1-17-24(21-11-14-23-20(16-21)8-5-15-29-23)28(34)32-27(30-17)25(18-6-3-2-4-7-18)26(31-32)19-9-12-22(33)13-10-19/h5-6,8-16,31,33H,2-4,7H2,1H3. The van der Waals surface area contributed by atoms with Gasteiger partial charge in [0.05, 0.1) is 22.5 Å². The quantitative estimate of drug-likeness (QED) is 0.361. The van der Waals surface area contributed by atoms with Crippen molar-refractivity contribution in [3.05, 3.63) is 88.5 Å². The number of pyridine rings is 1. The smallest absolute Gasteiger partial charge is 0.280 e. The van der Waals surface area contributed by atoms with Crippen molar-refractivity contribution in [3.8, 4) is 28.1 Å². The van der Waals surface area contributed by atoms with E-state index in [0.717, 1.165) is 52.5 Å². The Morgan fingerprint density at radius 2 is 1.82 bits per heavy atom. The highest BCUT2D eigenvalue weighted by molar-refractivity contribution is 5.89. The molecule has 3 aromatic heterocycles. The van der Waals surface area contributed by atoms with Crippen LogP contribution in [-0.4, -0.2) is 24.7 Å². The largest absolute Gasteiger partial charge is 0.508 e. The molecule has 0 amide bonds. The molecular formula is C28H24N4O2. The Morgan fingerprint density at radius 1 is 1.00 bits per heavy atom. The van der Waals surface area contributed by atoms with E-state index in [9.17, 15) is 9.90 Å². The fourth-order valence-corrected chi connectivity index (χ4v) is 4.95. The number of fused-ring (bicyclic) bond motifs is 2. The van der Waals surface area contributed by atoms with Gasteiger partial charge < -0.3 is 5.11 Å². The number of allylic oxidation sites excluding steroid dienone is 2. The molecule has 3 heterocycles. The molecular weight excluding hydrogens is 424 g/mol. The average molecular weight is 449 g/mol. The lowest BCUT2D eigenvalue weighted by Crippen LogP contribution is -2.19. The van der Waals surface area contributed by atoms with Crippen LogP contribution >= 0.6 is 0 Å². The van der Waals surface area contributed by atoms with Crippen molar-refractivity contribution in [2.75, 3.05) is 0 Å². The third kappa shape index (κ3) is 3.30. The zero-order valence-electron chi connectivity index (χ0n) is 18.9. The summed E-state index contributed by atoms with van der Waals surface area (Å²) in [5.74, 6) is 0.206. The lowest BCUT2D eigenvalue weighted by atomic mass is 9.92. The van der Waals surface area contributed by atoms with Crippen LogP contribution in [0.25, 0.3) is 44.5 Å². The van der Waals surface area contributed by atoms with Crippen LogP contribution in [0.2, 0.25) is 0 Å². The van der Waals surface area contributed by atoms with Gasteiger partial charge in [0, 0.05) is 22.7 Å². The van der Waals surface area contributed by atoms with Crippen molar-refractivity contribution < 1.29 is 5.11 Å². The molecule has 0 aliphatic heterocycles. The number of aromatic hydroxyl groups is 1. The molecule has 34 heavy (non-hydrogen) atoms. The summed E-state index contributed by atoms with van der Waals surface area (Å²) in [5.41, 5.74) is 7.43. The Labute approximate surface area is 196 Å². The van der Waals surface area contributed by atoms with E-state index in [1.54, 1.807) is 22.8 Å². The van der Waals surface area contributed by atoms with Crippen molar-refractivity contribution in [3.63, 3.8) is 0 Å². The molecule has 168 valence electrons. The zero-order valence-corrected chi connectivity index (χ0v) is 18.9. The SMILES string of the molecule is Cc1nc2c(C3=CCCCC3)c(-c3ccc(O)cc3)[nH]n2c(=O)c1-c1ccc2ncccc2c1. The minimum Gasteiger partial charge on any atom is -0.508 e. The van der Waals surface area contributed by atoms with Crippen molar-refractivity contribution in [2.45, 2.75) is 32.6 Å². The molecule has 1 aliphatic rings. The van der Waals surface area contributed by atoms with E-state index in [1.807, 2.05) is 49.4 Å². The Kier molecular flexibility index (Phi) is 4.80. The number of phenols is 1. The first kappa shape index (κ1) is 20.4. The van der Waals surface area contributed by atoms with Crippen LogP contribution in [0.15, 0.2) is 71.7 Å². The second-order valence-electron chi connectivity index (χ2n) is 8.83. The number of rotatable bonds is 3. The summed E-state index contributed by atoms with van der Waals surface area (Å²) in [6, 6.07) is 16.8. The second kappa shape index (κ2) is 7.99. The molecule has 0 bridgehead atoms. The van der Waals surface area contributed by atoms with E-state index in [0.29, 0.717) is 16.9 Å². The van der Waals surface area contributed by atoms with Gasteiger partial charge in [-0.25, -0.2) is 4.98 Å². The van der Waals surface area contributed by atoms with Gasteiger partial charge in [0.1, 0.15) is 5.75 Å². The third-order valence-corrected chi connectivity index (χ3v) is 6.62. The lowest BCUT2D eigenvalue weighted by molar-refractivity contribution is 0.475. The highest BCUT2D eigenvalue weighted by Crippen LogP contribution is 2.37. The second-order valence-corrected chi connectivity index (χ2v) is 8.83. The van der Waals surface area contributed by atoms with Gasteiger partial charge in [-0.05, 0) is 86.2 Å². The highest BCUT2D eigenvalue weighted by Gasteiger charge is 2.23. The van der Waals surface area contributed by atoms with Crippen molar-refractivity contribution >= 4 is 22.1 Å². The molecule has 2 N–H and O–H groups in total. The van der Waals surface area contributed by atoms with Crippen LogP contribution in [0.4, 0.5) is 0 Å². The summed E-state index contributed by atoms with van der Waals surface area (Å²) in [6.07, 6.45) is 8.29. The van der Waals surface area contributed by atoms with Gasteiger partial charge in [-0.15, -0.1) is 0 Å². The Balaban J connectivity index is 1.63. The molecule has 6 rings (SSSR count). The molecule has 0 saturated heterocycles. The van der Waals surface area contributed by atoms with Gasteiger partial charge in [0.25, 0.3) is 5.56 Å². The van der Waals surface area contributed by atoms with Crippen LogP contribution in [0.1, 0.15) is 36.9 Å². The van der Waals surface area contributed by atoms with E-state index >= 15 is 0 Å². The van der Waals surface area contributed by atoms with Gasteiger partial charge in [-0.3, -0.25) is 14.9 Å². The number of H-pyrrole nitrogens is 1. The predicted molar refractivity (Wildman–Crippen MR) is 135 cm³/mol. The summed E-state index contributed by atoms with van der Waals surface area (Å²) < 4.78 is 1.57. The maximum atomic E-state index is 13.8. The maximum Gasteiger partial charge on any atom is 0.280 e. The van der Waals surface area contributed by atoms with Crippen LogP contribution in [0.5, 0.6) is 5.75 Å². The predicted octanol–water partition coefficient (Wildman–Crippen LogP) is 5.88. The summed E-state index contributed by atoms with van der Waals surface area (Å²) in [7, 11) is 0. The summed E-state index contributed by atoms with van der Waals surface area (Å²) in [5, 5.41) is 14.1. The van der Waals surface area contributed by atoms with Gasteiger partial charge >= 0.3 is 0 Å². The van der Waals surface area contributed by atoms with Gasteiger partial charge in [-0.2, -0.15) is 4.52 Å². The topological polar surface area (TPSA) is 83.3 Å². The molecule has 6 heteroatoms. The molecule has 2 aromatic carbocycles. The average Bonchev–Trinajstić information content (AvgIpc) is 3.24. The number of hydrogen-bond acceptors (Lipinski definition) is 4. The monoisotopic (exact) mass is 448 g/mol. The van der Waals surface area contributed by atoms with E-state index in [2.05, 4.69) is 16.2 Å². The molecule has 0 spiro atoms. The highest BCUT2D eigenvalue weighted by atomic mass is 16.3. The molecule has 0 atom stereocenters. The molecule has 1 aliphatic carbocycles. The first-order valence-electron chi connectivity index (χ1n) is 11.6.